The second-order valence-electron chi connectivity index (χ2n) is 2.64. The Morgan fingerprint density at radius 1 is 1.62 bits per heavy atom. The van der Waals surface area contributed by atoms with Crippen molar-refractivity contribution in [3.63, 3.8) is 0 Å². The van der Waals surface area contributed by atoms with Gasteiger partial charge in [0.15, 0.2) is 0 Å². The second-order valence-corrected chi connectivity index (χ2v) is 3.02. The standard InChI is InChI=1S/C9H13ClN2O/c1-2-5-13-9-8(10)7(6-11)3-4-12-9/h3-4H,2,5-6,11H2,1H3. The molecule has 0 aliphatic heterocycles. The summed E-state index contributed by atoms with van der Waals surface area (Å²) in [5.74, 6) is 0.478. The van der Waals surface area contributed by atoms with Crippen molar-refractivity contribution in [2.45, 2.75) is 19.9 Å². The van der Waals surface area contributed by atoms with Crippen molar-refractivity contribution in [2.75, 3.05) is 6.61 Å². The molecule has 0 saturated heterocycles. The zero-order valence-electron chi connectivity index (χ0n) is 7.59. The summed E-state index contributed by atoms with van der Waals surface area (Å²) in [7, 11) is 0. The number of nitrogens with two attached hydrogens (primary N) is 1. The van der Waals surface area contributed by atoms with Gasteiger partial charge in [0, 0.05) is 12.7 Å². The molecule has 13 heavy (non-hydrogen) atoms. The summed E-state index contributed by atoms with van der Waals surface area (Å²) < 4.78 is 5.33. The first kappa shape index (κ1) is 10.3. The molecule has 0 aliphatic carbocycles. The zero-order chi connectivity index (χ0) is 9.68. The maximum atomic E-state index is 5.98. The van der Waals surface area contributed by atoms with Crippen molar-refractivity contribution in [2.24, 2.45) is 5.73 Å². The highest BCUT2D eigenvalue weighted by Gasteiger charge is 2.06. The van der Waals surface area contributed by atoms with Gasteiger partial charge >= 0.3 is 0 Å². The number of ether oxygens (including phenoxy) is 1. The van der Waals surface area contributed by atoms with Crippen LogP contribution in [0.5, 0.6) is 5.88 Å². The van der Waals surface area contributed by atoms with E-state index < -0.39 is 0 Å². The van der Waals surface area contributed by atoms with Crippen molar-refractivity contribution in [1.29, 1.82) is 0 Å². The lowest BCUT2D eigenvalue weighted by molar-refractivity contribution is 0.305. The average Bonchev–Trinajstić information content (AvgIpc) is 2.16. The van der Waals surface area contributed by atoms with E-state index in [0.29, 0.717) is 24.1 Å². The van der Waals surface area contributed by atoms with Crippen LogP contribution in [0.25, 0.3) is 0 Å². The first-order valence-electron chi connectivity index (χ1n) is 4.25. The number of pyridine rings is 1. The van der Waals surface area contributed by atoms with E-state index in [1.54, 1.807) is 12.3 Å². The van der Waals surface area contributed by atoms with Gasteiger partial charge in [-0.2, -0.15) is 0 Å². The van der Waals surface area contributed by atoms with Gasteiger partial charge in [0.1, 0.15) is 5.02 Å². The number of halogens is 1. The molecule has 0 radical (unpaired) electrons. The number of rotatable bonds is 4. The number of hydrogen-bond donors (Lipinski definition) is 1. The van der Waals surface area contributed by atoms with Gasteiger partial charge in [-0.1, -0.05) is 18.5 Å². The van der Waals surface area contributed by atoms with Gasteiger partial charge in [0.25, 0.3) is 0 Å². The van der Waals surface area contributed by atoms with Crippen LogP contribution >= 0.6 is 11.6 Å². The first-order valence-corrected chi connectivity index (χ1v) is 4.63. The van der Waals surface area contributed by atoms with Crippen molar-refractivity contribution in [1.82, 2.24) is 4.98 Å². The SMILES string of the molecule is CCCOc1nccc(CN)c1Cl. The molecule has 0 spiro atoms. The fraction of sp³-hybridized carbons (Fsp3) is 0.444. The molecule has 0 aromatic carbocycles. The molecule has 1 aromatic heterocycles. The Hall–Kier alpha value is -0.800. The number of hydrogen-bond acceptors (Lipinski definition) is 3. The summed E-state index contributed by atoms with van der Waals surface area (Å²) in [4.78, 5) is 4.01. The lowest BCUT2D eigenvalue weighted by Gasteiger charge is -2.07. The summed E-state index contributed by atoms with van der Waals surface area (Å²) in [5.41, 5.74) is 6.34. The van der Waals surface area contributed by atoms with Gasteiger partial charge in [-0.3, -0.25) is 0 Å². The topological polar surface area (TPSA) is 48.1 Å². The summed E-state index contributed by atoms with van der Waals surface area (Å²) in [5, 5.41) is 0.526. The predicted octanol–water partition coefficient (Wildman–Crippen LogP) is 1.98. The Morgan fingerprint density at radius 3 is 3.00 bits per heavy atom. The van der Waals surface area contributed by atoms with Crippen molar-refractivity contribution < 1.29 is 4.74 Å². The second kappa shape index (κ2) is 5.04. The third kappa shape index (κ3) is 2.57. The highest BCUT2D eigenvalue weighted by Crippen LogP contribution is 2.25. The summed E-state index contributed by atoms with van der Waals surface area (Å²) >= 11 is 5.98. The minimum atomic E-state index is 0.407. The Kier molecular flexibility index (Phi) is 3.99. The molecule has 0 amide bonds. The van der Waals surface area contributed by atoms with Crippen LogP contribution in [0.3, 0.4) is 0 Å². The smallest absolute Gasteiger partial charge is 0.232 e. The van der Waals surface area contributed by atoms with Gasteiger partial charge < -0.3 is 10.5 Å². The molecule has 0 bridgehead atoms. The Morgan fingerprint density at radius 2 is 2.38 bits per heavy atom. The Labute approximate surface area is 82.9 Å². The average molecular weight is 201 g/mol. The van der Waals surface area contributed by atoms with Crippen molar-refractivity contribution >= 4 is 11.6 Å². The van der Waals surface area contributed by atoms with Crippen LogP contribution in [-0.2, 0) is 6.54 Å². The van der Waals surface area contributed by atoms with Gasteiger partial charge in [0.2, 0.25) is 5.88 Å². The van der Waals surface area contributed by atoms with Crippen LogP contribution in [-0.4, -0.2) is 11.6 Å². The fourth-order valence-electron chi connectivity index (χ4n) is 0.919. The van der Waals surface area contributed by atoms with E-state index in [1.807, 2.05) is 6.92 Å². The highest BCUT2D eigenvalue weighted by atomic mass is 35.5. The normalized spacial score (nSPS) is 10.1. The van der Waals surface area contributed by atoms with Crippen LogP contribution in [0.2, 0.25) is 5.02 Å². The van der Waals surface area contributed by atoms with Crippen LogP contribution in [0.1, 0.15) is 18.9 Å². The van der Waals surface area contributed by atoms with Gasteiger partial charge in [-0.25, -0.2) is 4.98 Å². The molecule has 0 fully saturated rings. The maximum Gasteiger partial charge on any atom is 0.232 e. The van der Waals surface area contributed by atoms with Crippen LogP contribution in [0.4, 0.5) is 0 Å². The van der Waals surface area contributed by atoms with E-state index in [2.05, 4.69) is 4.98 Å². The molecule has 3 nitrogen and oxygen atoms in total. The van der Waals surface area contributed by atoms with E-state index in [1.165, 1.54) is 0 Å². The van der Waals surface area contributed by atoms with E-state index in [9.17, 15) is 0 Å². The molecule has 1 rings (SSSR count). The van der Waals surface area contributed by atoms with E-state index in [0.717, 1.165) is 12.0 Å². The van der Waals surface area contributed by atoms with Crippen molar-refractivity contribution in [3.8, 4) is 5.88 Å². The molecule has 0 unspecified atom stereocenters. The van der Waals surface area contributed by atoms with Crippen molar-refractivity contribution in [3.05, 3.63) is 22.8 Å². The molecule has 72 valence electrons. The van der Waals surface area contributed by atoms with Gasteiger partial charge in [-0.15, -0.1) is 0 Å². The highest BCUT2D eigenvalue weighted by molar-refractivity contribution is 6.32. The van der Waals surface area contributed by atoms with E-state index in [-0.39, 0.29) is 0 Å². The third-order valence-electron chi connectivity index (χ3n) is 1.60. The van der Waals surface area contributed by atoms with Gasteiger partial charge in [0.05, 0.1) is 6.61 Å². The quantitative estimate of drug-likeness (QED) is 0.809. The molecular weight excluding hydrogens is 188 g/mol. The lowest BCUT2D eigenvalue weighted by atomic mass is 10.3. The zero-order valence-corrected chi connectivity index (χ0v) is 8.34. The predicted molar refractivity (Wildman–Crippen MR) is 52.9 cm³/mol. The summed E-state index contributed by atoms with van der Waals surface area (Å²) in [6.07, 6.45) is 2.59. The largest absolute Gasteiger partial charge is 0.477 e. The first-order chi connectivity index (χ1) is 6.29. The lowest BCUT2D eigenvalue weighted by Crippen LogP contribution is -2.02. The fourth-order valence-corrected chi connectivity index (χ4v) is 1.16. The summed E-state index contributed by atoms with van der Waals surface area (Å²) in [6, 6.07) is 1.79. The molecule has 0 saturated carbocycles. The molecule has 0 atom stereocenters. The van der Waals surface area contributed by atoms with E-state index in [4.69, 9.17) is 22.1 Å². The molecule has 1 heterocycles. The van der Waals surface area contributed by atoms with Crippen LogP contribution in [0, 0.1) is 0 Å². The Balaban J connectivity index is 2.81. The van der Waals surface area contributed by atoms with Crippen LogP contribution < -0.4 is 10.5 Å². The monoisotopic (exact) mass is 200 g/mol. The third-order valence-corrected chi connectivity index (χ3v) is 2.00. The molecule has 4 heteroatoms. The summed E-state index contributed by atoms with van der Waals surface area (Å²) in [6.45, 7) is 3.06. The van der Waals surface area contributed by atoms with Gasteiger partial charge in [-0.05, 0) is 18.1 Å². The van der Waals surface area contributed by atoms with Crippen LogP contribution in [0.15, 0.2) is 12.3 Å². The molecular formula is C9H13ClN2O. The number of nitrogens with zero attached hydrogens (tertiary/aromatic N) is 1. The molecule has 2 N–H and O–H groups in total. The maximum absolute atomic E-state index is 5.98. The Bertz CT molecular complexity index is 278. The minimum Gasteiger partial charge on any atom is -0.477 e. The molecule has 0 aliphatic rings. The van der Waals surface area contributed by atoms with E-state index >= 15 is 0 Å². The molecule has 1 aromatic rings. The number of aromatic nitrogens is 1. The minimum absolute atomic E-state index is 0.407.